The third-order valence-corrected chi connectivity index (χ3v) is 3.77. The molecule has 0 spiro atoms. The van der Waals surface area contributed by atoms with Crippen LogP contribution in [0.15, 0.2) is 0 Å². The number of likely N-dealkylation sites (N-methyl/N-ethyl adjacent to an activating group) is 1. The van der Waals surface area contributed by atoms with Gasteiger partial charge in [0.25, 0.3) is 0 Å². The Morgan fingerprint density at radius 2 is 2.35 bits per heavy atom. The van der Waals surface area contributed by atoms with Gasteiger partial charge in [0.1, 0.15) is 0 Å². The number of hydrogen-bond donors (Lipinski definition) is 2. The Balaban J connectivity index is 2.07. The molecule has 0 bridgehead atoms. The molecule has 0 aliphatic carbocycles. The minimum absolute atomic E-state index is 0.205. The quantitative estimate of drug-likeness (QED) is 0.694. The molecular formula is C13H27N3O. The molecule has 1 aliphatic heterocycles. The van der Waals surface area contributed by atoms with E-state index in [2.05, 4.69) is 36.4 Å². The summed E-state index contributed by atoms with van der Waals surface area (Å²) < 4.78 is 0. The zero-order chi connectivity index (χ0) is 12.7. The minimum Gasteiger partial charge on any atom is -0.355 e. The summed E-state index contributed by atoms with van der Waals surface area (Å²) in [7, 11) is 2.11. The average Bonchev–Trinajstić information content (AvgIpc) is 2.80. The van der Waals surface area contributed by atoms with E-state index < -0.39 is 0 Å². The van der Waals surface area contributed by atoms with Crippen LogP contribution in [0.2, 0.25) is 0 Å². The van der Waals surface area contributed by atoms with E-state index >= 15 is 0 Å². The van der Waals surface area contributed by atoms with Gasteiger partial charge in [-0.3, -0.25) is 4.79 Å². The van der Waals surface area contributed by atoms with Gasteiger partial charge in [0, 0.05) is 25.6 Å². The third-order valence-electron chi connectivity index (χ3n) is 3.77. The van der Waals surface area contributed by atoms with Crippen molar-refractivity contribution in [3.63, 3.8) is 0 Å². The summed E-state index contributed by atoms with van der Waals surface area (Å²) in [5.41, 5.74) is 0. The molecule has 2 unspecified atom stereocenters. The Kier molecular flexibility index (Phi) is 6.52. The van der Waals surface area contributed by atoms with Crippen LogP contribution in [0, 0.1) is 5.92 Å². The number of hydrogen-bond acceptors (Lipinski definition) is 3. The van der Waals surface area contributed by atoms with Gasteiger partial charge in [-0.25, -0.2) is 0 Å². The van der Waals surface area contributed by atoms with Crippen molar-refractivity contribution in [3.8, 4) is 0 Å². The maximum absolute atomic E-state index is 11.7. The van der Waals surface area contributed by atoms with Gasteiger partial charge in [-0.1, -0.05) is 6.92 Å². The first-order valence-corrected chi connectivity index (χ1v) is 6.81. The fraction of sp³-hybridized carbons (Fsp3) is 0.923. The molecule has 0 aromatic carbocycles. The molecule has 1 amide bonds. The van der Waals surface area contributed by atoms with Crippen LogP contribution in [0.3, 0.4) is 0 Å². The Bertz CT molecular complexity index is 227. The predicted molar refractivity (Wildman–Crippen MR) is 71.0 cm³/mol. The van der Waals surface area contributed by atoms with E-state index in [0.717, 1.165) is 39.0 Å². The van der Waals surface area contributed by atoms with E-state index in [4.69, 9.17) is 0 Å². The molecule has 2 N–H and O–H groups in total. The van der Waals surface area contributed by atoms with Crippen molar-refractivity contribution in [2.75, 3.05) is 33.2 Å². The predicted octanol–water partition coefficient (Wildman–Crippen LogP) is 0.833. The largest absolute Gasteiger partial charge is 0.355 e. The normalized spacial score (nSPS) is 21.8. The fourth-order valence-electron chi connectivity index (χ4n) is 2.13. The van der Waals surface area contributed by atoms with Gasteiger partial charge in [-0.15, -0.1) is 0 Å². The summed E-state index contributed by atoms with van der Waals surface area (Å²) in [6, 6.07) is 0.589. The molecule has 4 nitrogen and oxygen atoms in total. The lowest BCUT2D eigenvalue weighted by atomic mass is 10.0. The number of rotatable bonds is 7. The highest BCUT2D eigenvalue weighted by atomic mass is 16.1. The third kappa shape index (κ3) is 5.50. The van der Waals surface area contributed by atoms with Gasteiger partial charge in [0.2, 0.25) is 5.91 Å². The maximum atomic E-state index is 11.7. The van der Waals surface area contributed by atoms with Gasteiger partial charge in [0.15, 0.2) is 0 Å². The van der Waals surface area contributed by atoms with Crippen LogP contribution in [0.25, 0.3) is 0 Å². The van der Waals surface area contributed by atoms with E-state index in [9.17, 15) is 4.79 Å². The van der Waals surface area contributed by atoms with Gasteiger partial charge in [-0.05, 0) is 45.8 Å². The van der Waals surface area contributed by atoms with E-state index in [-0.39, 0.29) is 5.91 Å². The second-order valence-corrected chi connectivity index (χ2v) is 5.15. The van der Waals surface area contributed by atoms with Gasteiger partial charge in [-0.2, -0.15) is 0 Å². The first kappa shape index (κ1) is 14.5. The van der Waals surface area contributed by atoms with E-state index in [1.165, 1.54) is 0 Å². The summed E-state index contributed by atoms with van der Waals surface area (Å²) >= 11 is 0. The SMILES string of the molecule is CCC(C)N(C)CCNC(=O)CC1CCNC1. The first-order chi connectivity index (χ1) is 8.13. The first-order valence-electron chi connectivity index (χ1n) is 6.81. The van der Waals surface area contributed by atoms with Crippen LogP contribution >= 0.6 is 0 Å². The molecule has 0 radical (unpaired) electrons. The standard InChI is InChI=1S/C13H27N3O/c1-4-11(2)16(3)8-7-15-13(17)9-12-5-6-14-10-12/h11-12,14H,4-10H2,1-3H3,(H,15,17). The zero-order valence-electron chi connectivity index (χ0n) is 11.5. The van der Waals surface area contributed by atoms with Crippen LogP contribution < -0.4 is 10.6 Å². The van der Waals surface area contributed by atoms with Crippen LogP contribution in [-0.2, 0) is 4.79 Å². The van der Waals surface area contributed by atoms with Crippen molar-refractivity contribution >= 4 is 5.91 Å². The summed E-state index contributed by atoms with van der Waals surface area (Å²) in [5.74, 6) is 0.749. The molecule has 1 rings (SSSR count). The monoisotopic (exact) mass is 241 g/mol. The van der Waals surface area contributed by atoms with Gasteiger partial charge < -0.3 is 15.5 Å². The molecule has 100 valence electrons. The van der Waals surface area contributed by atoms with Crippen molar-refractivity contribution in [1.82, 2.24) is 15.5 Å². The molecule has 2 atom stereocenters. The van der Waals surface area contributed by atoms with Crippen molar-refractivity contribution in [3.05, 3.63) is 0 Å². The Morgan fingerprint density at radius 3 is 2.94 bits per heavy atom. The molecule has 1 fully saturated rings. The Morgan fingerprint density at radius 1 is 1.59 bits per heavy atom. The summed E-state index contributed by atoms with van der Waals surface area (Å²) in [6.07, 6.45) is 2.97. The van der Waals surface area contributed by atoms with Crippen molar-refractivity contribution in [1.29, 1.82) is 0 Å². The second-order valence-electron chi connectivity index (χ2n) is 5.15. The lowest BCUT2D eigenvalue weighted by Gasteiger charge is -2.23. The highest BCUT2D eigenvalue weighted by molar-refractivity contribution is 5.76. The van der Waals surface area contributed by atoms with E-state index in [1.54, 1.807) is 0 Å². The highest BCUT2D eigenvalue weighted by Gasteiger charge is 2.17. The molecule has 0 aromatic heterocycles. The smallest absolute Gasteiger partial charge is 0.220 e. The van der Waals surface area contributed by atoms with Crippen LogP contribution in [-0.4, -0.2) is 50.1 Å². The molecule has 1 saturated heterocycles. The van der Waals surface area contributed by atoms with E-state index in [0.29, 0.717) is 18.4 Å². The average molecular weight is 241 g/mol. The number of nitrogens with zero attached hydrogens (tertiary/aromatic N) is 1. The molecule has 0 aromatic rings. The van der Waals surface area contributed by atoms with Gasteiger partial charge in [0.05, 0.1) is 0 Å². The highest BCUT2D eigenvalue weighted by Crippen LogP contribution is 2.11. The number of carbonyl (C=O) groups excluding carboxylic acids is 1. The zero-order valence-corrected chi connectivity index (χ0v) is 11.5. The number of nitrogens with one attached hydrogen (secondary N) is 2. The van der Waals surface area contributed by atoms with Crippen molar-refractivity contribution in [2.45, 2.75) is 39.2 Å². The van der Waals surface area contributed by atoms with Crippen LogP contribution in [0.5, 0.6) is 0 Å². The second kappa shape index (κ2) is 7.67. The van der Waals surface area contributed by atoms with E-state index in [1.807, 2.05) is 0 Å². The van der Waals surface area contributed by atoms with Crippen LogP contribution in [0.1, 0.15) is 33.1 Å². The molecule has 1 heterocycles. The van der Waals surface area contributed by atoms with Crippen molar-refractivity contribution in [2.24, 2.45) is 5.92 Å². The van der Waals surface area contributed by atoms with Crippen LogP contribution in [0.4, 0.5) is 0 Å². The lowest BCUT2D eigenvalue weighted by Crippen LogP contribution is -2.37. The number of carbonyl (C=O) groups is 1. The number of amides is 1. The topological polar surface area (TPSA) is 44.4 Å². The van der Waals surface area contributed by atoms with Gasteiger partial charge >= 0.3 is 0 Å². The molecule has 0 saturated carbocycles. The molecular weight excluding hydrogens is 214 g/mol. The summed E-state index contributed by atoms with van der Waals surface area (Å²) in [5, 5.41) is 6.30. The summed E-state index contributed by atoms with van der Waals surface area (Å²) in [4.78, 5) is 14.0. The fourth-order valence-corrected chi connectivity index (χ4v) is 2.13. The molecule has 17 heavy (non-hydrogen) atoms. The Hall–Kier alpha value is -0.610. The van der Waals surface area contributed by atoms with Crippen molar-refractivity contribution < 1.29 is 4.79 Å². The molecule has 1 aliphatic rings. The molecule has 4 heteroatoms. The minimum atomic E-state index is 0.205. The Labute approximate surface area is 105 Å². The summed E-state index contributed by atoms with van der Waals surface area (Å²) in [6.45, 7) is 8.16. The maximum Gasteiger partial charge on any atom is 0.220 e. The lowest BCUT2D eigenvalue weighted by molar-refractivity contribution is -0.121.